The molecule has 1 fully saturated rings. The van der Waals surface area contributed by atoms with E-state index >= 15 is 0 Å². The number of hydrogen-bond donors (Lipinski definition) is 4. The first-order valence-electron chi connectivity index (χ1n) is 13.0. The average molecular weight is 559 g/mol. The lowest BCUT2D eigenvalue weighted by atomic mass is 9.90. The van der Waals surface area contributed by atoms with Crippen molar-refractivity contribution in [1.29, 1.82) is 0 Å². The molecule has 0 saturated heterocycles. The molecule has 5 rings (SSSR count). The lowest BCUT2D eigenvalue weighted by molar-refractivity contribution is 0.0860. The number of aryl methyl sites for hydroxylation is 1. The number of rotatable bonds is 8. The fourth-order valence-electron chi connectivity index (χ4n) is 5.25. The molecule has 38 heavy (non-hydrogen) atoms. The normalized spacial score (nSPS) is 20.3. The summed E-state index contributed by atoms with van der Waals surface area (Å²) in [5.41, 5.74) is 3.52. The van der Waals surface area contributed by atoms with Crippen LogP contribution in [-0.2, 0) is 23.0 Å². The summed E-state index contributed by atoms with van der Waals surface area (Å²) in [6.45, 7) is 4.40. The van der Waals surface area contributed by atoms with Gasteiger partial charge < -0.3 is 15.6 Å². The second-order valence-corrected chi connectivity index (χ2v) is 13.2. The number of thiazole rings is 1. The van der Waals surface area contributed by atoms with Crippen molar-refractivity contribution < 1.29 is 18.0 Å². The Morgan fingerprint density at radius 2 is 1.87 bits per heavy atom. The fourth-order valence-corrected chi connectivity index (χ4v) is 6.77. The topological polar surface area (TPSA) is 136 Å². The molecule has 10 nitrogen and oxygen atoms in total. The maximum absolute atomic E-state index is 13.2. The molecule has 4 N–H and O–H groups in total. The van der Waals surface area contributed by atoms with Crippen LogP contribution < -0.4 is 15.4 Å². The molecule has 1 aliphatic carbocycles. The summed E-state index contributed by atoms with van der Waals surface area (Å²) in [4.78, 5) is 37.2. The van der Waals surface area contributed by atoms with Gasteiger partial charge in [-0.1, -0.05) is 24.5 Å². The number of sulfonamides is 1. The summed E-state index contributed by atoms with van der Waals surface area (Å²) in [5, 5.41) is 7.73. The van der Waals surface area contributed by atoms with Crippen LogP contribution in [0.5, 0.6) is 0 Å². The van der Waals surface area contributed by atoms with Crippen LogP contribution in [0.3, 0.4) is 0 Å². The number of nitrogens with one attached hydrogen (secondary N) is 4. The Labute approximate surface area is 226 Å². The Balaban J connectivity index is 1.20. The van der Waals surface area contributed by atoms with Crippen LogP contribution in [0.15, 0.2) is 24.3 Å². The molecule has 2 aromatic heterocycles. The van der Waals surface area contributed by atoms with E-state index in [1.165, 1.54) is 11.3 Å². The Bertz CT molecular complexity index is 1450. The largest absolute Gasteiger partial charge is 0.351 e. The van der Waals surface area contributed by atoms with Crippen LogP contribution in [0.2, 0.25) is 0 Å². The van der Waals surface area contributed by atoms with Gasteiger partial charge in [-0.2, -0.15) is 0 Å². The number of fused-ring (bicyclic) bond motifs is 2. The maximum Gasteiger partial charge on any atom is 0.280 e. The third kappa shape index (κ3) is 6.42. The molecule has 1 aromatic carbocycles. The van der Waals surface area contributed by atoms with Gasteiger partial charge in [-0.25, -0.2) is 18.1 Å². The number of carbonyl (C=O) groups excluding carboxylic acids is 2. The van der Waals surface area contributed by atoms with E-state index in [-0.39, 0.29) is 23.9 Å². The molecule has 2 amide bonds. The van der Waals surface area contributed by atoms with E-state index in [2.05, 4.69) is 30.2 Å². The van der Waals surface area contributed by atoms with Crippen molar-refractivity contribution >= 4 is 44.1 Å². The van der Waals surface area contributed by atoms with Crippen molar-refractivity contribution in [2.75, 3.05) is 25.9 Å². The number of aromatic nitrogens is 2. The highest BCUT2D eigenvalue weighted by molar-refractivity contribution is 7.88. The highest BCUT2D eigenvalue weighted by Crippen LogP contribution is 2.26. The molecule has 1 aliphatic heterocycles. The minimum atomic E-state index is -3.21. The first-order chi connectivity index (χ1) is 18.1. The van der Waals surface area contributed by atoms with Gasteiger partial charge in [0.05, 0.1) is 11.9 Å². The summed E-state index contributed by atoms with van der Waals surface area (Å²) < 4.78 is 25.1. The van der Waals surface area contributed by atoms with Gasteiger partial charge in [0.1, 0.15) is 5.69 Å². The lowest BCUT2D eigenvalue weighted by Crippen LogP contribution is -2.53. The standard InChI is InChI=1S/C26H34N6O4S2/c1-16-7-8-18-17(13-16)14-22(28-18)24(33)29-19-5-3-4-6-20(19)30-25(34)26-31-21-9-11-32(15-23(21)37-26)12-10-27-38(2,35)36/h7-8,13-14,19-20,27-28H,3-6,9-12,15H2,1-2H3,(H,29,33)(H,30,34)/t19-,20+/m0/s1. The SMILES string of the molecule is Cc1ccc2[nH]c(C(=O)N[C@H]3CCCC[C@H]3NC(=O)c3nc4c(s3)CN(CCNS(C)(=O)=O)CC4)cc2c1. The van der Waals surface area contributed by atoms with Gasteiger partial charge in [0.2, 0.25) is 10.0 Å². The summed E-state index contributed by atoms with van der Waals surface area (Å²) in [6.07, 6.45) is 5.48. The Kier molecular flexibility index (Phi) is 7.85. The first-order valence-corrected chi connectivity index (χ1v) is 15.7. The smallest absolute Gasteiger partial charge is 0.280 e. The molecular weight excluding hydrogens is 524 g/mol. The maximum atomic E-state index is 13.2. The van der Waals surface area contributed by atoms with E-state index in [1.807, 2.05) is 31.2 Å². The van der Waals surface area contributed by atoms with Crippen molar-refractivity contribution in [3.05, 3.63) is 51.1 Å². The van der Waals surface area contributed by atoms with Gasteiger partial charge in [0.15, 0.2) is 5.01 Å². The zero-order valence-corrected chi connectivity index (χ0v) is 23.3. The number of H-pyrrole nitrogens is 1. The second kappa shape index (κ2) is 11.1. The molecule has 204 valence electrons. The van der Waals surface area contributed by atoms with Crippen LogP contribution in [-0.4, -0.2) is 73.1 Å². The van der Waals surface area contributed by atoms with E-state index < -0.39 is 10.0 Å². The fraction of sp³-hybridized carbons (Fsp3) is 0.500. The summed E-state index contributed by atoms with van der Waals surface area (Å²) >= 11 is 1.39. The number of amides is 2. The van der Waals surface area contributed by atoms with E-state index in [0.717, 1.165) is 71.9 Å². The summed E-state index contributed by atoms with van der Waals surface area (Å²) in [7, 11) is -3.21. The predicted octanol–water partition coefficient (Wildman–Crippen LogP) is 2.31. The highest BCUT2D eigenvalue weighted by Gasteiger charge is 2.30. The molecule has 2 aliphatic rings. The molecule has 3 heterocycles. The van der Waals surface area contributed by atoms with Crippen LogP contribution in [0.4, 0.5) is 0 Å². The Morgan fingerprint density at radius 3 is 2.61 bits per heavy atom. The number of benzene rings is 1. The third-order valence-electron chi connectivity index (χ3n) is 7.22. The van der Waals surface area contributed by atoms with Gasteiger partial charge in [-0.05, 0) is 38.0 Å². The summed E-state index contributed by atoms with van der Waals surface area (Å²) in [6, 6.07) is 7.59. The van der Waals surface area contributed by atoms with Gasteiger partial charge in [-0.15, -0.1) is 11.3 Å². The van der Waals surface area contributed by atoms with Crippen molar-refractivity contribution in [2.24, 2.45) is 0 Å². The monoisotopic (exact) mass is 558 g/mol. The van der Waals surface area contributed by atoms with E-state index in [1.54, 1.807) is 0 Å². The number of aromatic amines is 1. The van der Waals surface area contributed by atoms with Gasteiger partial charge in [0, 0.05) is 60.5 Å². The predicted molar refractivity (Wildman–Crippen MR) is 148 cm³/mol. The zero-order chi connectivity index (χ0) is 26.9. The number of nitrogens with zero attached hydrogens (tertiary/aromatic N) is 2. The van der Waals surface area contributed by atoms with E-state index in [4.69, 9.17) is 0 Å². The Hall–Kier alpha value is -2.80. The van der Waals surface area contributed by atoms with Crippen molar-refractivity contribution in [3.8, 4) is 0 Å². The zero-order valence-electron chi connectivity index (χ0n) is 21.7. The minimum absolute atomic E-state index is 0.152. The molecule has 0 radical (unpaired) electrons. The van der Waals surface area contributed by atoms with Crippen molar-refractivity contribution in [2.45, 2.75) is 57.7 Å². The Morgan fingerprint density at radius 1 is 1.13 bits per heavy atom. The number of hydrogen-bond acceptors (Lipinski definition) is 7. The molecule has 1 saturated carbocycles. The molecule has 0 spiro atoms. The van der Waals surface area contributed by atoms with Gasteiger partial charge in [-0.3, -0.25) is 14.5 Å². The number of carbonyl (C=O) groups is 2. The van der Waals surface area contributed by atoms with Gasteiger partial charge >= 0.3 is 0 Å². The van der Waals surface area contributed by atoms with Crippen molar-refractivity contribution in [1.82, 2.24) is 30.2 Å². The molecular formula is C26H34N6O4S2. The van der Waals surface area contributed by atoms with Crippen LogP contribution >= 0.6 is 11.3 Å². The van der Waals surface area contributed by atoms with E-state index in [9.17, 15) is 18.0 Å². The van der Waals surface area contributed by atoms with Gasteiger partial charge in [0.25, 0.3) is 11.8 Å². The van der Waals surface area contributed by atoms with Crippen LogP contribution in [0.25, 0.3) is 10.9 Å². The minimum Gasteiger partial charge on any atom is -0.351 e. The second-order valence-electron chi connectivity index (χ2n) is 10.3. The first kappa shape index (κ1) is 26.8. The average Bonchev–Trinajstić information content (AvgIpc) is 3.48. The highest BCUT2D eigenvalue weighted by atomic mass is 32.2. The summed E-state index contributed by atoms with van der Waals surface area (Å²) in [5.74, 6) is -0.373. The molecule has 0 bridgehead atoms. The van der Waals surface area contributed by atoms with E-state index in [0.29, 0.717) is 30.3 Å². The van der Waals surface area contributed by atoms with Crippen LogP contribution in [0, 0.1) is 6.92 Å². The molecule has 0 unspecified atom stereocenters. The lowest BCUT2D eigenvalue weighted by Gasteiger charge is -2.32. The quantitative estimate of drug-likeness (QED) is 0.335. The third-order valence-corrected chi connectivity index (χ3v) is 9.03. The molecule has 3 aromatic rings. The molecule has 12 heteroatoms. The van der Waals surface area contributed by atoms with Crippen molar-refractivity contribution in [3.63, 3.8) is 0 Å². The van der Waals surface area contributed by atoms with Crippen LogP contribution in [0.1, 0.15) is 62.1 Å². The molecule has 2 atom stereocenters.